The molecule has 0 aliphatic heterocycles. The van der Waals surface area contributed by atoms with Gasteiger partial charge in [0.15, 0.2) is 0 Å². The minimum absolute atomic E-state index is 0.195. The molecule has 1 fully saturated rings. The molecular formula is C27H33F3N2O4. The third-order valence-corrected chi connectivity index (χ3v) is 6.79. The highest BCUT2D eigenvalue weighted by molar-refractivity contribution is 5.90. The Morgan fingerprint density at radius 2 is 1.50 bits per heavy atom. The molecule has 0 spiro atoms. The molecule has 0 saturated heterocycles. The predicted octanol–water partition coefficient (Wildman–Crippen LogP) is 7.09. The molecule has 1 aliphatic rings. The van der Waals surface area contributed by atoms with E-state index in [0.29, 0.717) is 17.2 Å². The summed E-state index contributed by atoms with van der Waals surface area (Å²) in [6.07, 6.45) is -0.803. The Morgan fingerprint density at radius 3 is 2.00 bits per heavy atom. The van der Waals surface area contributed by atoms with Crippen molar-refractivity contribution in [2.75, 3.05) is 12.4 Å². The number of hydrogen-bond donors (Lipinski definition) is 2. The Bertz CT molecular complexity index is 1020. The molecule has 1 unspecified atom stereocenters. The summed E-state index contributed by atoms with van der Waals surface area (Å²) in [4.78, 5) is 24.7. The van der Waals surface area contributed by atoms with E-state index >= 15 is 0 Å². The van der Waals surface area contributed by atoms with Crippen molar-refractivity contribution < 1.29 is 32.2 Å². The Kier molecular flexibility index (Phi) is 8.53. The summed E-state index contributed by atoms with van der Waals surface area (Å²) in [5.41, 5.74) is 1.83. The number of anilines is 1. The van der Waals surface area contributed by atoms with Crippen molar-refractivity contribution in [1.82, 2.24) is 5.32 Å². The highest BCUT2D eigenvalue weighted by atomic mass is 19.4. The van der Waals surface area contributed by atoms with Gasteiger partial charge in [-0.1, -0.05) is 32.9 Å². The number of amides is 2. The molecule has 0 radical (unpaired) electrons. The molecule has 2 N–H and O–H groups in total. The SMILES string of the molecule is COC(=O)c1ccc(C(NC(=O)Nc2ccc(OC(F)(F)F)cc2)[C@H]2CC[C@@H](C(C)(C)C)CC2)cc1. The van der Waals surface area contributed by atoms with Crippen molar-refractivity contribution in [3.05, 3.63) is 59.7 Å². The lowest BCUT2D eigenvalue weighted by Gasteiger charge is -2.39. The molecule has 1 aliphatic carbocycles. The number of methoxy groups -OCH3 is 1. The van der Waals surface area contributed by atoms with Gasteiger partial charge in [0.2, 0.25) is 0 Å². The molecule has 2 aromatic carbocycles. The molecule has 0 aromatic heterocycles. The van der Waals surface area contributed by atoms with Gasteiger partial charge >= 0.3 is 18.4 Å². The minimum Gasteiger partial charge on any atom is -0.465 e. The summed E-state index contributed by atoms with van der Waals surface area (Å²) in [6.45, 7) is 6.74. The maximum absolute atomic E-state index is 12.9. The molecule has 1 saturated carbocycles. The number of carbonyl (C=O) groups is 2. The van der Waals surface area contributed by atoms with E-state index in [9.17, 15) is 22.8 Å². The van der Waals surface area contributed by atoms with Gasteiger partial charge in [-0.2, -0.15) is 0 Å². The zero-order chi connectivity index (χ0) is 26.5. The van der Waals surface area contributed by atoms with Crippen LogP contribution in [-0.4, -0.2) is 25.5 Å². The largest absolute Gasteiger partial charge is 0.573 e. The average molecular weight is 507 g/mol. The molecule has 6 nitrogen and oxygen atoms in total. The van der Waals surface area contributed by atoms with Crippen LogP contribution in [0, 0.1) is 17.3 Å². The van der Waals surface area contributed by atoms with Crippen LogP contribution in [-0.2, 0) is 4.74 Å². The van der Waals surface area contributed by atoms with E-state index in [-0.39, 0.29) is 23.1 Å². The maximum atomic E-state index is 12.9. The van der Waals surface area contributed by atoms with Crippen LogP contribution in [0.2, 0.25) is 0 Å². The Balaban J connectivity index is 1.73. The number of carbonyl (C=O) groups excluding carboxylic acids is 2. The van der Waals surface area contributed by atoms with Crippen LogP contribution in [0.15, 0.2) is 48.5 Å². The first-order chi connectivity index (χ1) is 16.9. The van der Waals surface area contributed by atoms with E-state index < -0.39 is 18.4 Å². The molecule has 9 heteroatoms. The summed E-state index contributed by atoms with van der Waals surface area (Å²) in [5, 5.41) is 5.73. The lowest BCUT2D eigenvalue weighted by molar-refractivity contribution is -0.274. The summed E-state index contributed by atoms with van der Waals surface area (Å²) in [5.74, 6) is -0.0108. The van der Waals surface area contributed by atoms with E-state index in [1.54, 1.807) is 12.1 Å². The summed E-state index contributed by atoms with van der Waals surface area (Å²) in [7, 11) is 1.32. The minimum atomic E-state index is -4.78. The van der Waals surface area contributed by atoms with Crippen LogP contribution in [0.4, 0.5) is 23.7 Å². The zero-order valence-corrected chi connectivity index (χ0v) is 20.9. The van der Waals surface area contributed by atoms with Gasteiger partial charge in [-0.25, -0.2) is 9.59 Å². The number of hydrogen-bond acceptors (Lipinski definition) is 4. The summed E-state index contributed by atoms with van der Waals surface area (Å²) >= 11 is 0. The van der Waals surface area contributed by atoms with Crippen LogP contribution in [0.5, 0.6) is 5.75 Å². The normalized spacial score (nSPS) is 19.2. The average Bonchev–Trinajstić information content (AvgIpc) is 2.82. The Hall–Kier alpha value is -3.23. The number of rotatable bonds is 6. The fourth-order valence-corrected chi connectivity index (χ4v) is 4.78. The first-order valence-corrected chi connectivity index (χ1v) is 12.0. The van der Waals surface area contributed by atoms with Crippen LogP contribution >= 0.6 is 0 Å². The lowest BCUT2D eigenvalue weighted by Crippen LogP contribution is -2.38. The molecule has 36 heavy (non-hydrogen) atoms. The van der Waals surface area contributed by atoms with Gasteiger partial charge < -0.3 is 20.1 Å². The lowest BCUT2D eigenvalue weighted by atomic mass is 9.68. The van der Waals surface area contributed by atoms with Gasteiger partial charge in [0, 0.05) is 5.69 Å². The molecule has 3 rings (SSSR count). The topological polar surface area (TPSA) is 76.7 Å². The second kappa shape index (κ2) is 11.2. The monoisotopic (exact) mass is 506 g/mol. The van der Waals surface area contributed by atoms with Crippen LogP contribution in [0.25, 0.3) is 0 Å². The zero-order valence-electron chi connectivity index (χ0n) is 20.9. The molecule has 196 valence electrons. The first kappa shape index (κ1) is 27.4. The van der Waals surface area contributed by atoms with E-state index in [4.69, 9.17) is 4.74 Å². The van der Waals surface area contributed by atoms with Crippen LogP contribution in [0.1, 0.15) is 68.4 Å². The highest BCUT2D eigenvalue weighted by Crippen LogP contribution is 2.43. The van der Waals surface area contributed by atoms with Gasteiger partial charge in [-0.15, -0.1) is 13.2 Å². The van der Waals surface area contributed by atoms with Gasteiger partial charge in [0.05, 0.1) is 18.7 Å². The Morgan fingerprint density at radius 1 is 0.917 bits per heavy atom. The molecule has 0 heterocycles. The maximum Gasteiger partial charge on any atom is 0.573 e. The van der Waals surface area contributed by atoms with E-state index in [0.717, 1.165) is 43.4 Å². The third-order valence-electron chi connectivity index (χ3n) is 6.79. The molecule has 2 amide bonds. The van der Waals surface area contributed by atoms with Crippen molar-refractivity contribution in [3.63, 3.8) is 0 Å². The number of benzene rings is 2. The van der Waals surface area contributed by atoms with E-state index in [2.05, 4.69) is 36.1 Å². The van der Waals surface area contributed by atoms with Crippen molar-refractivity contribution in [1.29, 1.82) is 0 Å². The molecule has 0 bridgehead atoms. The predicted molar refractivity (Wildman–Crippen MR) is 131 cm³/mol. The molecular weight excluding hydrogens is 473 g/mol. The van der Waals surface area contributed by atoms with Crippen molar-refractivity contribution in [2.45, 2.75) is 58.9 Å². The molecule has 2 aromatic rings. The number of halogens is 3. The van der Waals surface area contributed by atoms with Gasteiger partial charge in [0.25, 0.3) is 0 Å². The smallest absolute Gasteiger partial charge is 0.465 e. The quantitative estimate of drug-likeness (QED) is 0.410. The van der Waals surface area contributed by atoms with Crippen molar-refractivity contribution in [2.24, 2.45) is 17.3 Å². The number of nitrogens with one attached hydrogen (secondary N) is 2. The standard InChI is InChI=1S/C27H33F3N2O4/c1-26(2,3)20-11-9-18(10-12-20)23(17-5-7-19(8-6-17)24(33)35-4)32-25(34)31-21-13-15-22(16-14-21)36-27(28,29)30/h5-8,13-16,18,20,23H,9-12H2,1-4H3,(H2,31,32,34)/t18-,20+,23?. The number of urea groups is 1. The summed E-state index contributed by atoms with van der Waals surface area (Å²) in [6, 6.07) is 11.2. The second-order valence-corrected chi connectivity index (χ2v) is 10.2. The van der Waals surface area contributed by atoms with Crippen LogP contribution < -0.4 is 15.4 Å². The molecule has 1 atom stereocenters. The van der Waals surface area contributed by atoms with Crippen molar-refractivity contribution >= 4 is 17.7 Å². The number of ether oxygens (including phenoxy) is 2. The van der Waals surface area contributed by atoms with E-state index in [1.165, 1.54) is 19.2 Å². The fourth-order valence-electron chi connectivity index (χ4n) is 4.78. The van der Waals surface area contributed by atoms with Crippen molar-refractivity contribution in [3.8, 4) is 5.75 Å². The third kappa shape index (κ3) is 7.63. The number of alkyl halides is 3. The van der Waals surface area contributed by atoms with Gasteiger partial charge in [0.1, 0.15) is 5.75 Å². The fraction of sp³-hybridized carbons (Fsp3) is 0.481. The second-order valence-electron chi connectivity index (χ2n) is 10.2. The first-order valence-electron chi connectivity index (χ1n) is 12.0. The summed E-state index contributed by atoms with van der Waals surface area (Å²) < 4.78 is 45.8. The highest BCUT2D eigenvalue weighted by Gasteiger charge is 2.34. The van der Waals surface area contributed by atoms with Crippen LogP contribution in [0.3, 0.4) is 0 Å². The Labute approximate surface area is 209 Å². The van der Waals surface area contributed by atoms with E-state index in [1.807, 2.05) is 12.1 Å². The number of esters is 1. The van der Waals surface area contributed by atoms with Gasteiger partial charge in [-0.3, -0.25) is 0 Å². The van der Waals surface area contributed by atoms with Gasteiger partial charge in [-0.05, 0) is 84.9 Å².